The van der Waals surface area contributed by atoms with E-state index in [4.69, 9.17) is 4.74 Å². The number of fused-ring (bicyclic) bond motifs is 1. The molecule has 2 aromatic carbocycles. The van der Waals surface area contributed by atoms with Gasteiger partial charge < -0.3 is 15.4 Å². The number of ether oxygens (including phenoxy) is 1. The van der Waals surface area contributed by atoms with Crippen LogP contribution in [-0.4, -0.2) is 49.1 Å². The van der Waals surface area contributed by atoms with Crippen LogP contribution in [0.3, 0.4) is 0 Å². The summed E-state index contributed by atoms with van der Waals surface area (Å²) in [5.74, 6) is 0.563. The lowest BCUT2D eigenvalue weighted by Crippen LogP contribution is -2.31. The van der Waals surface area contributed by atoms with Crippen LogP contribution < -0.4 is 20.1 Å². The Labute approximate surface area is 174 Å². The van der Waals surface area contributed by atoms with Gasteiger partial charge in [-0.2, -0.15) is 0 Å². The maximum Gasteiger partial charge on any atom is 0.319 e. The van der Waals surface area contributed by atoms with Gasteiger partial charge in [0.25, 0.3) is 0 Å². The first-order valence-corrected chi connectivity index (χ1v) is 10.8. The van der Waals surface area contributed by atoms with Crippen LogP contribution in [0.2, 0.25) is 0 Å². The number of para-hydroxylation sites is 2. The fourth-order valence-electron chi connectivity index (χ4n) is 2.85. The Morgan fingerprint density at radius 2 is 1.97 bits per heavy atom. The summed E-state index contributed by atoms with van der Waals surface area (Å²) >= 11 is 0. The molecule has 10 nitrogen and oxygen atoms in total. The number of nitrogens with one attached hydrogen (secondary N) is 3. The Hall–Kier alpha value is -3.18. The second-order valence-corrected chi connectivity index (χ2v) is 8.53. The monoisotopic (exact) mass is 432 g/mol. The van der Waals surface area contributed by atoms with Crippen molar-refractivity contribution >= 4 is 32.8 Å². The highest BCUT2D eigenvalue weighted by Gasteiger charge is 2.17. The van der Waals surface area contributed by atoms with Crippen LogP contribution in [0, 0.1) is 0 Å². The highest BCUT2D eigenvalue weighted by atomic mass is 32.2. The van der Waals surface area contributed by atoms with Crippen LogP contribution in [0.15, 0.2) is 47.4 Å². The Morgan fingerprint density at radius 1 is 1.20 bits per heavy atom. The predicted octanol–water partition coefficient (Wildman–Crippen LogP) is 1.95. The van der Waals surface area contributed by atoms with Crippen molar-refractivity contribution in [1.82, 2.24) is 25.0 Å². The number of nitrogens with zero attached hydrogens (tertiary/aromatic N) is 3. The van der Waals surface area contributed by atoms with Crippen LogP contribution in [-0.2, 0) is 16.6 Å². The zero-order chi connectivity index (χ0) is 21.7. The number of methoxy groups -OCH3 is 1. The normalized spacial score (nSPS) is 11.6. The van der Waals surface area contributed by atoms with Gasteiger partial charge in [0, 0.05) is 12.6 Å². The van der Waals surface area contributed by atoms with Gasteiger partial charge >= 0.3 is 6.03 Å². The molecule has 0 spiro atoms. The molecule has 0 unspecified atom stereocenters. The van der Waals surface area contributed by atoms with E-state index in [9.17, 15) is 13.2 Å². The average molecular weight is 433 g/mol. The summed E-state index contributed by atoms with van der Waals surface area (Å²) in [6.07, 6.45) is 0. The van der Waals surface area contributed by atoms with Crippen LogP contribution in [0.4, 0.5) is 10.5 Å². The lowest BCUT2D eigenvalue weighted by molar-refractivity contribution is 0.251. The van der Waals surface area contributed by atoms with Crippen molar-refractivity contribution in [3.05, 3.63) is 42.5 Å². The van der Waals surface area contributed by atoms with Gasteiger partial charge in [-0.15, -0.1) is 5.10 Å². The number of carbonyl (C=O) groups is 1. The van der Waals surface area contributed by atoms with E-state index in [0.29, 0.717) is 35.6 Å². The summed E-state index contributed by atoms with van der Waals surface area (Å²) in [5, 5.41) is 13.6. The van der Waals surface area contributed by atoms with E-state index in [1.54, 1.807) is 42.8 Å². The molecule has 2 amide bonds. The molecule has 0 saturated carbocycles. The molecule has 3 aromatic rings. The third kappa shape index (κ3) is 5.05. The molecule has 160 valence electrons. The quantitative estimate of drug-likeness (QED) is 0.499. The number of sulfonamides is 1. The lowest BCUT2D eigenvalue weighted by atomic mass is 10.3. The summed E-state index contributed by atoms with van der Waals surface area (Å²) in [6, 6.07) is 11.1. The Balaban J connectivity index is 1.62. The predicted molar refractivity (Wildman–Crippen MR) is 113 cm³/mol. The van der Waals surface area contributed by atoms with Gasteiger partial charge in [0.2, 0.25) is 10.0 Å². The van der Waals surface area contributed by atoms with Gasteiger partial charge in [-0.05, 0) is 44.2 Å². The molecule has 0 aliphatic heterocycles. The van der Waals surface area contributed by atoms with Crippen LogP contribution in [0.25, 0.3) is 11.0 Å². The molecule has 0 fully saturated rings. The number of anilines is 1. The molecule has 0 aliphatic carbocycles. The summed E-state index contributed by atoms with van der Waals surface area (Å²) in [5.41, 5.74) is 1.69. The molecule has 1 aromatic heterocycles. The number of amides is 2. The maximum atomic E-state index is 12.3. The zero-order valence-electron chi connectivity index (χ0n) is 16.9. The highest BCUT2D eigenvalue weighted by molar-refractivity contribution is 7.89. The van der Waals surface area contributed by atoms with E-state index < -0.39 is 10.0 Å². The number of rotatable bonds is 8. The molecule has 0 bridgehead atoms. The molecule has 0 radical (unpaired) electrons. The first-order chi connectivity index (χ1) is 14.3. The number of benzene rings is 2. The fourth-order valence-corrected chi connectivity index (χ4v) is 4.12. The van der Waals surface area contributed by atoms with E-state index in [1.165, 1.54) is 19.2 Å². The minimum atomic E-state index is -3.61. The van der Waals surface area contributed by atoms with Crippen molar-refractivity contribution in [3.63, 3.8) is 0 Å². The minimum Gasteiger partial charge on any atom is -0.495 e. The minimum absolute atomic E-state index is 0.130. The lowest BCUT2D eigenvalue weighted by Gasteiger charge is -2.11. The van der Waals surface area contributed by atoms with Crippen molar-refractivity contribution < 1.29 is 17.9 Å². The molecule has 3 N–H and O–H groups in total. The average Bonchev–Trinajstić information content (AvgIpc) is 3.10. The van der Waals surface area contributed by atoms with Gasteiger partial charge in [0.1, 0.15) is 11.3 Å². The van der Waals surface area contributed by atoms with Crippen LogP contribution in [0.5, 0.6) is 5.75 Å². The smallest absolute Gasteiger partial charge is 0.319 e. The summed E-state index contributed by atoms with van der Waals surface area (Å²) in [4.78, 5) is 12.2. The van der Waals surface area contributed by atoms with Gasteiger partial charge in [0.05, 0.1) is 29.8 Å². The summed E-state index contributed by atoms with van der Waals surface area (Å²) in [6.45, 7) is 4.17. The van der Waals surface area contributed by atoms with E-state index in [0.717, 1.165) is 0 Å². The molecule has 0 saturated heterocycles. The van der Waals surface area contributed by atoms with Crippen molar-refractivity contribution in [2.24, 2.45) is 0 Å². The van der Waals surface area contributed by atoms with Gasteiger partial charge in [-0.25, -0.2) is 22.6 Å². The van der Waals surface area contributed by atoms with Gasteiger partial charge in [-0.3, -0.25) is 0 Å². The first-order valence-electron chi connectivity index (χ1n) is 9.33. The van der Waals surface area contributed by atoms with E-state index in [-0.39, 0.29) is 17.0 Å². The number of aromatic nitrogens is 3. The molecule has 0 atom stereocenters. The van der Waals surface area contributed by atoms with Crippen molar-refractivity contribution in [2.45, 2.75) is 31.3 Å². The third-order valence-electron chi connectivity index (χ3n) is 4.15. The van der Waals surface area contributed by atoms with E-state index >= 15 is 0 Å². The molecule has 30 heavy (non-hydrogen) atoms. The van der Waals surface area contributed by atoms with Crippen LogP contribution >= 0.6 is 0 Å². The van der Waals surface area contributed by atoms with Crippen molar-refractivity contribution in [2.75, 3.05) is 19.0 Å². The molecule has 3 rings (SSSR count). The largest absolute Gasteiger partial charge is 0.495 e. The molecule has 11 heteroatoms. The zero-order valence-corrected chi connectivity index (χ0v) is 17.7. The van der Waals surface area contributed by atoms with E-state index in [1.807, 2.05) is 6.07 Å². The van der Waals surface area contributed by atoms with Gasteiger partial charge in [0.15, 0.2) is 0 Å². The third-order valence-corrected chi connectivity index (χ3v) is 5.81. The number of urea groups is 1. The standard InChI is InChI=1S/C19H24N6O4S/c1-13(2)23-30(27,28)14-8-9-17-16(12-14)22-24-25(17)11-10-20-19(26)21-15-6-4-5-7-18(15)29-3/h4-9,12-13,23H,10-11H2,1-3H3,(H2,20,21,26). The van der Waals surface area contributed by atoms with Crippen molar-refractivity contribution in [1.29, 1.82) is 0 Å². The van der Waals surface area contributed by atoms with Gasteiger partial charge in [-0.1, -0.05) is 17.3 Å². The summed E-state index contributed by atoms with van der Waals surface area (Å²) < 4.78 is 34.0. The number of hydrogen-bond acceptors (Lipinski definition) is 6. The molecular weight excluding hydrogens is 408 g/mol. The molecular formula is C19H24N6O4S. The fraction of sp³-hybridized carbons (Fsp3) is 0.316. The van der Waals surface area contributed by atoms with E-state index in [2.05, 4.69) is 25.7 Å². The number of carbonyl (C=O) groups excluding carboxylic acids is 1. The second-order valence-electron chi connectivity index (χ2n) is 6.82. The Kier molecular flexibility index (Phi) is 6.53. The van der Waals surface area contributed by atoms with Crippen molar-refractivity contribution in [3.8, 4) is 5.75 Å². The molecule has 0 aliphatic rings. The van der Waals surface area contributed by atoms with Crippen LogP contribution in [0.1, 0.15) is 13.8 Å². The maximum absolute atomic E-state index is 12.3. The SMILES string of the molecule is COc1ccccc1NC(=O)NCCn1nnc2cc(S(=O)(=O)NC(C)C)ccc21. The molecule has 1 heterocycles. The second kappa shape index (κ2) is 9.09. The Bertz CT molecular complexity index is 1140. The number of hydrogen-bond donors (Lipinski definition) is 3. The first kappa shape index (κ1) is 21.5. The highest BCUT2D eigenvalue weighted by Crippen LogP contribution is 2.22. The Morgan fingerprint density at radius 3 is 2.70 bits per heavy atom. The topological polar surface area (TPSA) is 127 Å². The summed E-state index contributed by atoms with van der Waals surface area (Å²) in [7, 11) is -2.08.